The van der Waals surface area contributed by atoms with E-state index in [1.165, 1.54) is 4.90 Å². The summed E-state index contributed by atoms with van der Waals surface area (Å²) in [5.41, 5.74) is 3.72. The number of imide groups is 1. The van der Waals surface area contributed by atoms with Crippen LogP contribution in [0.5, 0.6) is 0 Å². The van der Waals surface area contributed by atoms with E-state index in [-0.39, 0.29) is 41.4 Å². The Kier molecular flexibility index (Phi) is 3.83. The Balaban J connectivity index is 1.29. The molecule has 2 bridgehead atoms. The van der Waals surface area contributed by atoms with Crippen LogP contribution in [0.4, 0.5) is 11.4 Å². The zero-order valence-corrected chi connectivity index (χ0v) is 17.5. The summed E-state index contributed by atoms with van der Waals surface area (Å²) in [6.45, 7) is 3.92. The van der Waals surface area contributed by atoms with Crippen LogP contribution in [0, 0.1) is 49.4 Å². The maximum Gasteiger partial charge on any atom is 0.255 e. The molecule has 4 aliphatic carbocycles. The van der Waals surface area contributed by atoms with Gasteiger partial charge < -0.3 is 5.32 Å². The summed E-state index contributed by atoms with van der Waals surface area (Å²) in [5.74, 6) is 0.589. The fourth-order valence-electron chi connectivity index (χ4n) is 6.06. The molecule has 2 aromatic carbocycles. The molecule has 2 aromatic rings. The quantitative estimate of drug-likeness (QED) is 0.609. The highest BCUT2D eigenvalue weighted by Gasteiger charge is 2.67. The number of nitrogens with zero attached hydrogens (tertiary/aromatic N) is 1. The number of carbonyl (C=O) groups excluding carboxylic acids is 3. The van der Waals surface area contributed by atoms with E-state index in [0.717, 1.165) is 23.2 Å². The van der Waals surface area contributed by atoms with Crippen molar-refractivity contribution in [2.75, 3.05) is 10.2 Å². The second-order valence-corrected chi connectivity index (χ2v) is 9.49. The van der Waals surface area contributed by atoms with Crippen molar-refractivity contribution < 1.29 is 14.4 Å². The number of nitrogens with one attached hydrogen (secondary N) is 1. The van der Waals surface area contributed by atoms with Gasteiger partial charge in [-0.2, -0.15) is 0 Å². The summed E-state index contributed by atoms with van der Waals surface area (Å²) in [5, 5.41) is 2.96. The van der Waals surface area contributed by atoms with Gasteiger partial charge in [0, 0.05) is 11.3 Å². The van der Waals surface area contributed by atoms with Crippen molar-refractivity contribution in [3.05, 3.63) is 71.3 Å². The van der Waals surface area contributed by atoms with E-state index in [1.807, 2.05) is 32.0 Å². The van der Waals surface area contributed by atoms with Crippen molar-refractivity contribution in [2.24, 2.45) is 35.5 Å². The molecule has 156 valence electrons. The maximum atomic E-state index is 13.3. The number of hydrogen-bond donors (Lipinski definition) is 1. The van der Waals surface area contributed by atoms with Gasteiger partial charge in [0.1, 0.15) is 0 Å². The van der Waals surface area contributed by atoms with Gasteiger partial charge in [0.2, 0.25) is 11.8 Å². The molecule has 1 N–H and O–H groups in total. The van der Waals surface area contributed by atoms with Gasteiger partial charge >= 0.3 is 0 Å². The Morgan fingerprint density at radius 1 is 0.935 bits per heavy atom. The lowest BCUT2D eigenvalue weighted by Crippen LogP contribution is -2.40. The number of rotatable bonds is 3. The zero-order valence-electron chi connectivity index (χ0n) is 17.5. The third-order valence-electron chi connectivity index (χ3n) is 7.67. The molecule has 7 rings (SSSR count). The fraction of sp³-hybridized carbons (Fsp3) is 0.346. The standard InChI is InChI=1S/C26H24N2O3/c1-13-6-7-14(2)21(10-13)27-24(29)15-4-3-5-16(11-15)28-25(30)22-17-8-9-18(20-12-19(17)20)23(22)26(28)31/h3-11,17-20,22-23H,12H2,1-2H3,(H,27,29)/t17-,18-,19-,20-,22-,23+/m1/s1. The average Bonchev–Trinajstić information content (AvgIpc) is 3.54. The molecule has 0 unspecified atom stereocenters. The average molecular weight is 412 g/mol. The van der Waals surface area contributed by atoms with Crippen LogP contribution >= 0.6 is 0 Å². The van der Waals surface area contributed by atoms with E-state index >= 15 is 0 Å². The normalized spacial score (nSPS) is 32.1. The van der Waals surface area contributed by atoms with Crippen LogP contribution < -0.4 is 10.2 Å². The monoisotopic (exact) mass is 412 g/mol. The molecule has 1 heterocycles. The van der Waals surface area contributed by atoms with Crippen LogP contribution in [0.25, 0.3) is 0 Å². The summed E-state index contributed by atoms with van der Waals surface area (Å²) in [7, 11) is 0. The number of aryl methyl sites for hydroxylation is 2. The molecular formula is C26H24N2O3. The van der Waals surface area contributed by atoms with Crippen molar-refractivity contribution in [3.63, 3.8) is 0 Å². The molecule has 6 atom stereocenters. The van der Waals surface area contributed by atoms with Crippen LogP contribution in [0.1, 0.15) is 27.9 Å². The molecule has 1 aliphatic heterocycles. The Labute approximate surface area is 181 Å². The first-order valence-corrected chi connectivity index (χ1v) is 11.0. The third kappa shape index (κ3) is 2.65. The smallest absolute Gasteiger partial charge is 0.255 e. The summed E-state index contributed by atoms with van der Waals surface area (Å²) < 4.78 is 0. The predicted octanol–water partition coefficient (Wildman–Crippen LogP) is 4.11. The van der Waals surface area contributed by atoms with Gasteiger partial charge in [-0.1, -0.05) is 30.4 Å². The highest BCUT2D eigenvalue weighted by molar-refractivity contribution is 6.23. The van der Waals surface area contributed by atoms with Crippen molar-refractivity contribution in [1.82, 2.24) is 0 Å². The van der Waals surface area contributed by atoms with E-state index in [4.69, 9.17) is 0 Å². The first kappa shape index (κ1) is 18.6. The predicted molar refractivity (Wildman–Crippen MR) is 118 cm³/mol. The van der Waals surface area contributed by atoms with Gasteiger partial charge in [0.25, 0.3) is 5.91 Å². The summed E-state index contributed by atoms with van der Waals surface area (Å²) in [6, 6.07) is 12.8. The van der Waals surface area contributed by atoms with E-state index in [9.17, 15) is 14.4 Å². The van der Waals surface area contributed by atoms with Crippen LogP contribution in [-0.2, 0) is 9.59 Å². The van der Waals surface area contributed by atoms with Crippen LogP contribution in [0.3, 0.4) is 0 Å². The maximum absolute atomic E-state index is 13.3. The molecule has 0 aromatic heterocycles. The van der Waals surface area contributed by atoms with Crippen molar-refractivity contribution in [1.29, 1.82) is 0 Å². The van der Waals surface area contributed by atoms with Crippen LogP contribution in [0.2, 0.25) is 0 Å². The number of amides is 3. The SMILES string of the molecule is Cc1ccc(C)c(NC(=O)c2cccc(N3C(=O)[C@@H]4[C@@H]5C=C[C@H]([C@H]6C[C@H]56)[C@@H]4C3=O)c2)c1. The number of allylic oxidation sites excluding steroid dienone is 2. The second kappa shape index (κ2) is 6.39. The molecule has 31 heavy (non-hydrogen) atoms. The number of benzene rings is 2. The minimum Gasteiger partial charge on any atom is -0.322 e. The molecule has 5 aliphatic rings. The molecule has 5 nitrogen and oxygen atoms in total. The van der Waals surface area contributed by atoms with Gasteiger partial charge in [-0.15, -0.1) is 0 Å². The first-order valence-electron chi connectivity index (χ1n) is 11.0. The van der Waals surface area contributed by atoms with Gasteiger partial charge in [-0.25, -0.2) is 4.90 Å². The Bertz CT molecular complexity index is 1150. The molecule has 5 heteroatoms. The van der Waals surface area contributed by atoms with Gasteiger partial charge in [-0.05, 0) is 79.3 Å². The van der Waals surface area contributed by atoms with Crippen LogP contribution in [-0.4, -0.2) is 17.7 Å². The summed E-state index contributed by atoms with van der Waals surface area (Å²) in [6.07, 6.45) is 5.48. The third-order valence-corrected chi connectivity index (χ3v) is 7.67. The Morgan fingerprint density at radius 3 is 2.29 bits per heavy atom. The topological polar surface area (TPSA) is 66.5 Å². The molecule has 0 spiro atoms. The molecule has 1 saturated heterocycles. The van der Waals surface area contributed by atoms with Gasteiger partial charge in [0.15, 0.2) is 0 Å². The minimum atomic E-state index is -0.255. The minimum absolute atomic E-state index is 0.105. The second-order valence-electron chi connectivity index (χ2n) is 9.49. The van der Waals surface area contributed by atoms with Crippen LogP contribution in [0.15, 0.2) is 54.6 Å². The Morgan fingerprint density at radius 2 is 1.61 bits per heavy atom. The van der Waals surface area contributed by atoms with E-state index in [1.54, 1.807) is 24.3 Å². The molecule has 0 radical (unpaired) electrons. The molecule has 2 saturated carbocycles. The van der Waals surface area contributed by atoms with Gasteiger partial charge in [0.05, 0.1) is 17.5 Å². The lowest BCUT2D eigenvalue weighted by Gasteiger charge is -2.37. The Hall–Kier alpha value is -3.21. The zero-order chi connectivity index (χ0) is 21.4. The number of anilines is 2. The number of hydrogen-bond acceptors (Lipinski definition) is 3. The van der Waals surface area contributed by atoms with E-state index < -0.39 is 0 Å². The molecule has 3 amide bonds. The highest BCUT2D eigenvalue weighted by atomic mass is 16.2. The summed E-state index contributed by atoms with van der Waals surface area (Å²) in [4.78, 5) is 40.9. The highest BCUT2D eigenvalue weighted by Crippen LogP contribution is 2.65. The molecular weight excluding hydrogens is 388 g/mol. The molecule has 3 fully saturated rings. The first-order chi connectivity index (χ1) is 14.9. The van der Waals surface area contributed by atoms with E-state index in [2.05, 4.69) is 17.5 Å². The number of carbonyl (C=O) groups is 3. The van der Waals surface area contributed by atoms with E-state index in [0.29, 0.717) is 23.1 Å². The van der Waals surface area contributed by atoms with Crippen molar-refractivity contribution in [2.45, 2.75) is 20.3 Å². The lowest BCUT2D eigenvalue weighted by atomic mass is 9.63. The van der Waals surface area contributed by atoms with Crippen molar-refractivity contribution in [3.8, 4) is 0 Å². The summed E-state index contributed by atoms with van der Waals surface area (Å²) >= 11 is 0. The largest absolute Gasteiger partial charge is 0.322 e. The fourth-order valence-corrected chi connectivity index (χ4v) is 6.06. The van der Waals surface area contributed by atoms with Crippen molar-refractivity contribution >= 4 is 29.1 Å². The van der Waals surface area contributed by atoms with Gasteiger partial charge in [-0.3, -0.25) is 14.4 Å². The lowest BCUT2D eigenvalue weighted by molar-refractivity contribution is -0.124.